The minimum Gasteiger partial charge on any atom is -0.490 e. The summed E-state index contributed by atoms with van der Waals surface area (Å²) in [6.45, 7) is 2.27. The number of nitrogens with zero attached hydrogens (tertiary/aromatic N) is 1. The lowest BCUT2D eigenvalue weighted by Crippen LogP contribution is -2.36. The number of allylic oxidation sites excluding steroid dienone is 2. The topological polar surface area (TPSA) is 38.8 Å². The van der Waals surface area contributed by atoms with Crippen molar-refractivity contribution < 1.29 is 14.3 Å². The Kier molecular flexibility index (Phi) is 4.46. The molecule has 0 radical (unpaired) electrons. The minimum atomic E-state index is 0.163. The van der Waals surface area contributed by atoms with Gasteiger partial charge in [0.25, 0.3) is 0 Å². The average molecular weight is 327 g/mol. The first-order chi connectivity index (χ1) is 11.8. The molecule has 0 aromatic heterocycles. The Morgan fingerprint density at radius 1 is 1.04 bits per heavy atom. The van der Waals surface area contributed by atoms with Gasteiger partial charge >= 0.3 is 0 Å². The molecule has 1 saturated heterocycles. The van der Waals surface area contributed by atoms with E-state index in [1.165, 1.54) is 5.56 Å². The van der Waals surface area contributed by atoms with Gasteiger partial charge < -0.3 is 14.4 Å². The van der Waals surface area contributed by atoms with E-state index in [2.05, 4.69) is 29.2 Å². The normalized spacial score (nSPS) is 26.2. The van der Waals surface area contributed by atoms with E-state index in [9.17, 15) is 4.79 Å². The number of fused-ring (bicyclic) bond motifs is 1. The standard InChI is InChI=1S/C20H25NO3/c22-20(15-6-2-1-3-7-15)21-11-4-8-17(21)16-9-10-18-19(14-16)24-13-5-12-23-18/h1-2,9-10,14-15,17H,3-8,11-13H2. The maximum absolute atomic E-state index is 13.0. The number of carbonyl (C=O) groups excluding carboxylic acids is 1. The van der Waals surface area contributed by atoms with E-state index in [1.807, 2.05) is 6.07 Å². The number of amides is 1. The van der Waals surface area contributed by atoms with Crippen LogP contribution in [0.5, 0.6) is 11.5 Å². The van der Waals surface area contributed by atoms with E-state index < -0.39 is 0 Å². The maximum Gasteiger partial charge on any atom is 0.226 e. The van der Waals surface area contributed by atoms with Crippen LogP contribution in [0.15, 0.2) is 30.4 Å². The number of ether oxygens (including phenoxy) is 2. The molecule has 0 spiro atoms. The summed E-state index contributed by atoms with van der Waals surface area (Å²) in [7, 11) is 0. The Hall–Kier alpha value is -1.97. The van der Waals surface area contributed by atoms with Crippen LogP contribution >= 0.6 is 0 Å². The molecule has 1 amide bonds. The second-order valence-electron chi connectivity index (χ2n) is 6.93. The number of benzene rings is 1. The largest absolute Gasteiger partial charge is 0.490 e. The summed E-state index contributed by atoms with van der Waals surface area (Å²) in [4.78, 5) is 15.1. The average Bonchev–Trinajstić information content (AvgIpc) is 3.00. The van der Waals surface area contributed by atoms with Crippen molar-refractivity contribution in [3.63, 3.8) is 0 Å². The van der Waals surface area contributed by atoms with Gasteiger partial charge in [-0.25, -0.2) is 0 Å². The third-order valence-electron chi connectivity index (χ3n) is 5.31. The summed E-state index contributed by atoms with van der Waals surface area (Å²) in [5.41, 5.74) is 1.18. The van der Waals surface area contributed by atoms with Crippen molar-refractivity contribution in [2.24, 2.45) is 5.92 Å². The first-order valence-electron chi connectivity index (χ1n) is 9.18. The SMILES string of the molecule is O=C(C1CC=CCC1)N1CCCC1c1ccc2c(c1)OCCCO2. The molecular formula is C20H25NO3. The van der Waals surface area contributed by atoms with E-state index in [-0.39, 0.29) is 12.0 Å². The summed E-state index contributed by atoms with van der Waals surface area (Å²) in [5, 5.41) is 0. The van der Waals surface area contributed by atoms with Gasteiger partial charge in [-0.2, -0.15) is 0 Å². The zero-order valence-corrected chi connectivity index (χ0v) is 14.1. The van der Waals surface area contributed by atoms with Crippen molar-refractivity contribution in [2.75, 3.05) is 19.8 Å². The Balaban J connectivity index is 1.55. The highest BCUT2D eigenvalue weighted by atomic mass is 16.5. The Bertz CT molecular complexity index is 640. The van der Waals surface area contributed by atoms with Crippen LogP contribution in [-0.2, 0) is 4.79 Å². The Morgan fingerprint density at radius 2 is 1.92 bits per heavy atom. The highest BCUT2D eigenvalue weighted by Crippen LogP contribution is 2.39. The molecule has 0 bridgehead atoms. The molecule has 24 heavy (non-hydrogen) atoms. The number of rotatable bonds is 2. The molecule has 1 aromatic rings. The first kappa shape index (κ1) is 15.6. The van der Waals surface area contributed by atoms with E-state index in [0.29, 0.717) is 19.1 Å². The maximum atomic E-state index is 13.0. The van der Waals surface area contributed by atoms with Gasteiger partial charge in [0.1, 0.15) is 0 Å². The number of carbonyl (C=O) groups is 1. The van der Waals surface area contributed by atoms with Gasteiger partial charge in [-0.1, -0.05) is 18.2 Å². The quantitative estimate of drug-likeness (QED) is 0.774. The molecular weight excluding hydrogens is 302 g/mol. The molecule has 0 N–H and O–H groups in total. The van der Waals surface area contributed by atoms with Crippen molar-refractivity contribution in [2.45, 2.75) is 44.6 Å². The van der Waals surface area contributed by atoms with Crippen LogP contribution in [0.1, 0.15) is 50.1 Å². The second kappa shape index (κ2) is 6.88. The summed E-state index contributed by atoms with van der Waals surface area (Å²) in [6.07, 6.45) is 10.3. The second-order valence-corrected chi connectivity index (χ2v) is 6.93. The predicted octanol–water partition coefficient (Wildman–Crippen LogP) is 3.87. The van der Waals surface area contributed by atoms with Gasteiger partial charge in [-0.3, -0.25) is 4.79 Å². The van der Waals surface area contributed by atoms with Crippen LogP contribution in [0.3, 0.4) is 0 Å². The number of likely N-dealkylation sites (tertiary alicyclic amines) is 1. The number of hydrogen-bond acceptors (Lipinski definition) is 3. The molecule has 0 saturated carbocycles. The van der Waals surface area contributed by atoms with Crippen LogP contribution in [-0.4, -0.2) is 30.6 Å². The van der Waals surface area contributed by atoms with Gasteiger partial charge in [0, 0.05) is 18.9 Å². The Labute approximate surface area is 143 Å². The van der Waals surface area contributed by atoms with Crippen molar-refractivity contribution in [3.8, 4) is 11.5 Å². The van der Waals surface area contributed by atoms with Gasteiger partial charge in [0.2, 0.25) is 5.91 Å². The van der Waals surface area contributed by atoms with Crippen LogP contribution in [0, 0.1) is 5.92 Å². The highest BCUT2D eigenvalue weighted by molar-refractivity contribution is 5.80. The summed E-state index contributed by atoms with van der Waals surface area (Å²) in [6, 6.07) is 6.36. The van der Waals surface area contributed by atoms with Gasteiger partial charge in [0.15, 0.2) is 11.5 Å². The van der Waals surface area contributed by atoms with E-state index in [1.54, 1.807) is 0 Å². The summed E-state index contributed by atoms with van der Waals surface area (Å²) < 4.78 is 11.5. The highest BCUT2D eigenvalue weighted by Gasteiger charge is 2.34. The van der Waals surface area contributed by atoms with Crippen molar-refractivity contribution in [1.29, 1.82) is 0 Å². The third kappa shape index (κ3) is 3.02. The molecule has 1 aromatic carbocycles. The molecule has 1 fully saturated rings. The zero-order valence-electron chi connectivity index (χ0n) is 14.1. The number of hydrogen-bond donors (Lipinski definition) is 0. The lowest BCUT2D eigenvalue weighted by Gasteiger charge is -2.30. The third-order valence-corrected chi connectivity index (χ3v) is 5.31. The van der Waals surface area contributed by atoms with Crippen LogP contribution in [0.25, 0.3) is 0 Å². The lowest BCUT2D eigenvalue weighted by molar-refractivity contribution is -0.136. The molecule has 2 atom stereocenters. The van der Waals surface area contributed by atoms with E-state index in [4.69, 9.17) is 9.47 Å². The summed E-state index contributed by atoms with van der Waals surface area (Å²) in [5.74, 6) is 2.14. The van der Waals surface area contributed by atoms with Gasteiger partial charge in [-0.05, 0) is 49.8 Å². The van der Waals surface area contributed by atoms with Crippen LogP contribution < -0.4 is 9.47 Å². The Morgan fingerprint density at radius 3 is 2.75 bits per heavy atom. The molecule has 4 heteroatoms. The van der Waals surface area contributed by atoms with Crippen molar-refractivity contribution >= 4 is 5.91 Å². The lowest BCUT2D eigenvalue weighted by atomic mass is 9.92. The first-order valence-corrected chi connectivity index (χ1v) is 9.18. The molecule has 1 aliphatic carbocycles. The van der Waals surface area contributed by atoms with Crippen LogP contribution in [0.4, 0.5) is 0 Å². The van der Waals surface area contributed by atoms with Crippen molar-refractivity contribution in [1.82, 2.24) is 4.90 Å². The minimum absolute atomic E-state index is 0.163. The van der Waals surface area contributed by atoms with Gasteiger partial charge in [-0.15, -0.1) is 0 Å². The monoisotopic (exact) mass is 327 g/mol. The smallest absolute Gasteiger partial charge is 0.226 e. The van der Waals surface area contributed by atoms with E-state index in [0.717, 1.165) is 56.6 Å². The molecule has 4 rings (SSSR count). The van der Waals surface area contributed by atoms with Gasteiger partial charge in [0.05, 0.1) is 19.3 Å². The fraction of sp³-hybridized carbons (Fsp3) is 0.550. The summed E-state index contributed by atoms with van der Waals surface area (Å²) >= 11 is 0. The molecule has 3 aliphatic rings. The fourth-order valence-electron chi connectivity index (χ4n) is 4.02. The molecule has 2 aliphatic heterocycles. The molecule has 2 unspecified atom stereocenters. The van der Waals surface area contributed by atoms with Crippen molar-refractivity contribution in [3.05, 3.63) is 35.9 Å². The molecule has 2 heterocycles. The fourth-order valence-corrected chi connectivity index (χ4v) is 4.02. The predicted molar refractivity (Wildman–Crippen MR) is 92.2 cm³/mol. The van der Waals surface area contributed by atoms with Crippen LogP contribution in [0.2, 0.25) is 0 Å². The van der Waals surface area contributed by atoms with E-state index >= 15 is 0 Å². The zero-order chi connectivity index (χ0) is 16.4. The molecule has 128 valence electrons. The molecule has 4 nitrogen and oxygen atoms in total.